The molecule has 0 spiro atoms. The Hall–Kier alpha value is -1.87. The maximum absolute atomic E-state index is 12.3. The second-order valence-corrected chi connectivity index (χ2v) is 9.64. The number of aromatic nitrogens is 3. The Labute approximate surface area is 151 Å². The van der Waals surface area contributed by atoms with Gasteiger partial charge in [0.15, 0.2) is 20.8 Å². The molecule has 0 unspecified atom stereocenters. The molecule has 1 fully saturated rings. The Balaban J connectivity index is 1.64. The number of nitrogens with one attached hydrogen (secondary N) is 1. The van der Waals surface area contributed by atoms with Gasteiger partial charge >= 0.3 is 0 Å². The summed E-state index contributed by atoms with van der Waals surface area (Å²) >= 11 is 1.30. The van der Waals surface area contributed by atoms with E-state index in [-0.39, 0.29) is 23.5 Å². The lowest BCUT2D eigenvalue weighted by Gasteiger charge is -2.15. The third-order valence-electron chi connectivity index (χ3n) is 4.10. The maximum Gasteiger partial charge on any atom is 0.233 e. The van der Waals surface area contributed by atoms with Gasteiger partial charge in [0.2, 0.25) is 5.91 Å². The highest BCUT2D eigenvalue weighted by molar-refractivity contribution is 8.00. The van der Waals surface area contributed by atoms with Gasteiger partial charge in [-0.25, -0.2) is 8.42 Å². The topological polar surface area (TPSA) is 93.9 Å². The van der Waals surface area contributed by atoms with Gasteiger partial charge in [-0.15, -0.1) is 10.2 Å². The van der Waals surface area contributed by atoms with Crippen LogP contribution in [-0.2, 0) is 21.7 Å². The van der Waals surface area contributed by atoms with Gasteiger partial charge in [0.1, 0.15) is 0 Å². The zero-order valence-electron chi connectivity index (χ0n) is 14.0. The second-order valence-electron chi connectivity index (χ2n) is 6.10. The molecule has 2 heterocycles. The van der Waals surface area contributed by atoms with Crippen molar-refractivity contribution >= 4 is 27.5 Å². The molecule has 3 rings (SSSR count). The van der Waals surface area contributed by atoms with Crippen LogP contribution in [0.4, 0.5) is 0 Å². The summed E-state index contributed by atoms with van der Waals surface area (Å²) in [7, 11) is -1.15. The molecule has 1 amide bonds. The Morgan fingerprint density at radius 3 is 2.68 bits per heavy atom. The van der Waals surface area contributed by atoms with Crippen LogP contribution in [0.1, 0.15) is 13.3 Å². The molecule has 1 aliphatic rings. The van der Waals surface area contributed by atoms with E-state index in [4.69, 9.17) is 0 Å². The molecule has 1 aromatic carbocycles. The summed E-state index contributed by atoms with van der Waals surface area (Å²) in [5, 5.41) is 11.4. The van der Waals surface area contributed by atoms with Crippen molar-refractivity contribution in [1.29, 1.82) is 0 Å². The van der Waals surface area contributed by atoms with Crippen LogP contribution >= 0.6 is 11.8 Å². The van der Waals surface area contributed by atoms with E-state index < -0.39 is 15.1 Å². The zero-order valence-corrected chi connectivity index (χ0v) is 15.7. The largest absolute Gasteiger partial charge is 0.351 e. The van der Waals surface area contributed by atoms with E-state index in [0.29, 0.717) is 11.6 Å². The molecule has 1 aliphatic heterocycles. The summed E-state index contributed by atoms with van der Waals surface area (Å²) in [6, 6.07) is 9.42. The molecule has 1 saturated heterocycles. The minimum Gasteiger partial charge on any atom is -0.351 e. The van der Waals surface area contributed by atoms with Gasteiger partial charge in [0.05, 0.1) is 16.8 Å². The minimum atomic E-state index is -3.01. The molecule has 1 N–H and O–H groups in total. The predicted octanol–water partition coefficient (Wildman–Crippen LogP) is 1.27. The highest BCUT2D eigenvalue weighted by Crippen LogP contribution is 2.25. The van der Waals surface area contributed by atoms with Crippen molar-refractivity contribution in [2.45, 2.75) is 29.8 Å². The molecule has 2 aromatic rings. The third kappa shape index (κ3) is 4.21. The first-order valence-electron chi connectivity index (χ1n) is 7.98. The molecule has 0 aliphatic carbocycles. The van der Waals surface area contributed by atoms with Gasteiger partial charge in [-0.1, -0.05) is 42.1 Å². The number of hydrogen-bond donors (Lipinski definition) is 1. The quantitative estimate of drug-likeness (QED) is 0.785. The Morgan fingerprint density at radius 2 is 2.04 bits per heavy atom. The standard InChI is InChI=1S/C16H20N4O3S2/c1-11(15(21)17-13-8-9-25(22,23)10-13)24-16-19-18-14(20(16)2)12-6-4-3-5-7-12/h3-7,11,13H,8-10H2,1-2H3,(H,17,21)/t11-,13-/m1/s1. The van der Waals surface area contributed by atoms with Crippen molar-refractivity contribution in [3.8, 4) is 11.4 Å². The first-order valence-corrected chi connectivity index (χ1v) is 10.7. The number of carbonyl (C=O) groups is 1. The van der Waals surface area contributed by atoms with Crippen molar-refractivity contribution in [3.63, 3.8) is 0 Å². The normalized spacial score (nSPS) is 20.3. The molecule has 0 radical (unpaired) electrons. The van der Waals surface area contributed by atoms with E-state index >= 15 is 0 Å². The highest BCUT2D eigenvalue weighted by atomic mass is 32.2. The molecule has 2 atom stereocenters. The summed E-state index contributed by atoms with van der Waals surface area (Å²) in [6.45, 7) is 1.78. The number of rotatable bonds is 5. The van der Waals surface area contributed by atoms with Gasteiger partial charge < -0.3 is 9.88 Å². The SMILES string of the molecule is C[C@@H](Sc1nnc(-c2ccccc2)n1C)C(=O)N[C@@H]1CCS(=O)(=O)C1. The lowest BCUT2D eigenvalue weighted by Crippen LogP contribution is -2.40. The first-order chi connectivity index (χ1) is 11.9. The molecular formula is C16H20N4O3S2. The van der Waals surface area contributed by atoms with Crippen LogP contribution in [-0.4, -0.2) is 51.9 Å². The summed E-state index contributed by atoms with van der Waals surface area (Å²) in [5.41, 5.74) is 0.956. The van der Waals surface area contributed by atoms with Crippen LogP contribution in [0.25, 0.3) is 11.4 Å². The second kappa shape index (κ2) is 7.17. The predicted molar refractivity (Wildman–Crippen MR) is 97.0 cm³/mol. The minimum absolute atomic E-state index is 0.0260. The molecule has 25 heavy (non-hydrogen) atoms. The lowest BCUT2D eigenvalue weighted by atomic mass is 10.2. The smallest absolute Gasteiger partial charge is 0.233 e. The van der Waals surface area contributed by atoms with Gasteiger partial charge in [-0.2, -0.15) is 0 Å². The number of benzene rings is 1. The van der Waals surface area contributed by atoms with E-state index in [9.17, 15) is 13.2 Å². The fourth-order valence-corrected chi connectivity index (χ4v) is 5.19. The van der Waals surface area contributed by atoms with E-state index in [0.717, 1.165) is 11.4 Å². The Bertz CT molecular complexity index is 865. The van der Waals surface area contributed by atoms with E-state index in [2.05, 4.69) is 15.5 Å². The molecule has 0 bridgehead atoms. The van der Waals surface area contributed by atoms with Crippen molar-refractivity contribution in [3.05, 3.63) is 30.3 Å². The third-order valence-corrected chi connectivity index (χ3v) is 7.00. The van der Waals surface area contributed by atoms with Crippen molar-refractivity contribution in [2.75, 3.05) is 11.5 Å². The molecule has 0 saturated carbocycles. The number of sulfone groups is 1. The van der Waals surface area contributed by atoms with Crippen LogP contribution in [0, 0.1) is 0 Å². The number of amides is 1. The molecular weight excluding hydrogens is 360 g/mol. The Kier molecular flexibility index (Phi) is 5.14. The number of carbonyl (C=O) groups excluding carboxylic acids is 1. The van der Waals surface area contributed by atoms with Gasteiger partial charge in [0.25, 0.3) is 0 Å². The maximum atomic E-state index is 12.3. The fourth-order valence-electron chi connectivity index (χ4n) is 2.70. The average Bonchev–Trinajstić information content (AvgIpc) is 3.11. The van der Waals surface area contributed by atoms with Crippen LogP contribution < -0.4 is 5.32 Å². The van der Waals surface area contributed by atoms with Crippen LogP contribution in [0.5, 0.6) is 0 Å². The summed E-state index contributed by atoms with van der Waals surface area (Å²) in [5.74, 6) is 0.718. The lowest BCUT2D eigenvalue weighted by molar-refractivity contribution is -0.120. The van der Waals surface area contributed by atoms with Crippen molar-refractivity contribution in [1.82, 2.24) is 20.1 Å². The molecule has 7 nitrogen and oxygen atoms in total. The van der Waals surface area contributed by atoms with Gasteiger partial charge in [-0.05, 0) is 13.3 Å². The van der Waals surface area contributed by atoms with Crippen LogP contribution in [0.15, 0.2) is 35.5 Å². The van der Waals surface area contributed by atoms with Gasteiger partial charge in [-0.3, -0.25) is 4.79 Å². The van der Waals surface area contributed by atoms with Crippen LogP contribution in [0.2, 0.25) is 0 Å². The monoisotopic (exact) mass is 380 g/mol. The van der Waals surface area contributed by atoms with E-state index in [1.165, 1.54) is 11.8 Å². The highest BCUT2D eigenvalue weighted by Gasteiger charge is 2.30. The van der Waals surface area contributed by atoms with Gasteiger partial charge in [0, 0.05) is 18.7 Å². The number of nitrogens with zero attached hydrogens (tertiary/aromatic N) is 3. The number of hydrogen-bond acceptors (Lipinski definition) is 6. The average molecular weight is 380 g/mol. The van der Waals surface area contributed by atoms with Crippen molar-refractivity contribution in [2.24, 2.45) is 7.05 Å². The summed E-state index contributed by atoms with van der Waals surface area (Å²) < 4.78 is 24.8. The van der Waals surface area contributed by atoms with E-state index in [1.54, 1.807) is 6.92 Å². The first kappa shape index (κ1) is 17.9. The fraction of sp³-hybridized carbons (Fsp3) is 0.438. The number of thioether (sulfide) groups is 1. The molecule has 9 heteroatoms. The van der Waals surface area contributed by atoms with E-state index in [1.807, 2.05) is 41.9 Å². The Morgan fingerprint density at radius 1 is 1.32 bits per heavy atom. The zero-order chi connectivity index (χ0) is 18.0. The van der Waals surface area contributed by atoms with Crippen molar-refractivity contribution < 1.29 is 13.2 Å². The summed E-state index contributed by atoms with van der Waals surface area (Å²) in [4.78, 5) is 12.3. The molecule has 1 aromatic heterocycles. The summed E-state index contributed by atoms with van der Waals surface area (Å²) in [6.07, 6.45) is 0.480. The van der Waals surface area contributed by atoms with Crippen LogP contribution in [0.3, 0.4) is 0 Å². The molecule has 134 valence electrons.